The van der Waals surface area contributed by atoms with Crippen molar-refractivity contribution in [3.63, 3.8) is 0 Å². The third-order valence-corrected chi connectivity index (χ3v) is 3.93. The van der Waals surface area contributed by atoms with E-state index in [0.29, 0.717) is 12.1 Å². The fourth-order valence-electron chi connectivity index (χ4n) is 2.42. The number of nitrogens with one attached hydrogen (secondary N) is 3. The fourth-order valence-corrected chi connectivity index (χ4v) is 2.42. The largest absolute Gasteiger partial charge is 0.374 e. The Balaban J connectivity index is 1.95. The molecule has 0 saturated heterocycles. The van der Waals surface area contributed by atoms with Crippen LogP contribution >= 0.6 is 0 Å². The van der Waals surface area contributed by atoms with Crippen LogP contribution in [0, 0.1) is 11.8 Å². The lowest BCUT2D eigenvalue weighted by Gasteiger charge is -2.29. The summed E-state index contributed by atoms with van der Waals surface area (Å²) in [5, 5.41) is 14.5. The minimum Gasteiger partial charge on any atom is -0.374 e. The van der Waals surface area contributed by atoms with Crippen LogP contribution in [-0.2, 0) is 4.79 Å². The Bertz CT molecular complexity index is 863. The summed E-state index contributed by atoms with van der Waals surface area (Å²) >= 11 is 0. The fraction of sp³-hybridized carbons (Fsp3) is 0.238. The number of amides is 2. The number of hydrogen-bond acceptors (Lipinski definition) is 5. The molecule has 0 aliphatic rings. The van der Waals surface area contributed by atoms with Gasteiger partial charge in [0.25, 0.3) is 11.8 Å². The first-order valence-electron chi connectivity index (χ1n) is 8.73. The molecule has 2 aromatic rings. The van der Waals surface area contributed by atoms with Gasteiger partial charge in [-0.2, -0.15) is 0 Å². The van der Waals surface area contributed by atoms with Gasteiger partial charge in [-0.15, -0.1) is 0 Å². The van der Waals surface area contributed by atoms with E-state index in [0.717, 1.165) is 11.3 Å². The number of carbonyl (C=O) groups excluding carboxylic acids is 2. The van der Waals surface area contributed by atoms with Crippen molar-refractivity contribution in [1.82, 2.24) is 10.8 Å². The van der Waals surface area contributed by atoms with Crippen molar-refractivity contribution in [2.75, 3.05) is 11.9 Å². The Morgan fingerprint density at radius 2 is 1.75 bits per heavy atom. The van der Waals surface area contributed by atoms with E-state index in [1.54, 1.807) is 38.1 Å². The van der Waals surface area contributed by atoms with Gasteiger partial charge in [-0.25, -0.2) is 5.48 Å². The highest BCUT2D eigenvalue weighted by atomic mass is 16.5. The number of rotatable bonds is 6. The zero-order chi connectivity index (χ0) is 20.6. The molecule has 7 nitrogen and oxygen atoms in total. The molecule has 1 atom stereocenters. The van der Waals surface area contributed by atoms with Crippen molar-refractivity contribution in [1.29, 1.82) is 0 Å². The second-order valence-electron chi connectivity index (χ2n) is 6.80. The van der Waals surface area contributed by atoms with Crippen LogP contribution in [0.4, 0.5) is 5.69 Å². The zero-order valence-electron chi connectivity index (χ0n) is 15.8. The summed E-state index contributed by atoms with van der Waals surface area (Å²) in [7, 11) is 0. The molecule has 0 heterocycles. The molecule has 6 N–H and O–H groups in total. The Morgan fingerprint density at radius 1 is 1.11 bits per heavy atom. The minimum atomic E-state index is -1.09. The molecular formula is C21H24N4O3. The van der Waals surface area contributed by atoms with Crippen LogP contribution in [0.1, 0.15) is 29.8 Å². The monoisotopic (exact) mass is 380 g/mol. The van der Waals surface area contributed by atoms with Gasteiger partial charge in [0.15, 0.2) is 0 Å². The first-order valence-corrected chi connectivity index (χ1v) is 8.73. The number of hydroxylamine groups is 1. The summed E-state index contributed by atoms with van der Waals surface area (Å²) in [6.45, 7) is 3.62. The summed E-state index contributed by atoms with van der Waals surface area (Å²) < 4.78 is 0. The maximum Gasteiger partial charge on any atom is 0.267 e. The van der Waals surface area contributed by atoms with Gasteiger partial charge >= 0.3 is 0 Å². The molecule has 2 rings (SSSR count). The molecule has 0 unspecified atom stereocenters. The van der Waals surface area contributed by atoms with Crippen LogP contribution in [0.2, 0.25) is 0 Å². The van der Waals surface area contributed by atoms with Gasteiger partial charge in [0.1, 0.15) is 6.04 Å². The maximum atomic E-state index is 12.4. The Labute approximate surface area is 164 Å². The smallest absolute Gasteiger partial charge is 0.267 e. The van der Waals surface area contributed by atoms with Crippen molar-refractivity contribution in [2.45, 2.75) is 25.4 Å². The van der Waals surface area contributed by atoms with Gasteiger partial charge in [-0.3, -0.25) is 14.8 Å². The molecular weight excluding hydrogens is 356 g/mol. The molecule has 0 saturated carbocycles. The van der Waals surface area contributed by atoms with Crippen LogP contribution in [-0.4, -0.2) is 35.1 Å². The molecule has 0 spiro atoms. The second kappa shape index (κ2) is 9.55. The number of carbonyl (C=O) groups is 2. The van der Waals surface area contributed by atoms with Gasteiger partial charge < -0.3 is 16.4 Å². The van der Waals surface area contributed by atoms with E-state index >= 15 is 0 Å². The highest BCUT2D eigenvalue weighted by molar-refractivity contribution is 5.98. The molecule has 0 radical (unpaired) electrons. The van der Waals surface area contributed by atoms with Crippen molar-refractivity contribution < 1.29 is 14.8 Å². The molecule has 2 amide bonds. The maximum absolute atomic E-state index is 12.4. The average Bonchev–Trinajstić information content (AvgIpc) is 2.69. The molecule has 0 aliphatic heterocycles. The number of anilines is 1. The first-order chi connectivity index (χ1) is 13.3. The zero-order valence-corrected chi connectivity index (χ0v) is 15.8. The highest BCUT2D eigenvalue weighted by Gasteiger charge is 2.33. The van der Waals surface area contributed by atoms with Gasteiger partial charge in [0.05, 0.1) is 6.54 Å². The molecule has 7 heteroatoms. The van der Waals surface area contributed by atoms with Crippen LogP contribution in [0.3, 0.4) is 0 Å². The van der Waals surface area contributed by atoms with Gasteiger partial charge in [0.2, 0.25) is 0 Å². The summed E-state index contributed by atoms with van der Waals surface area (Å²) in [6, 6.07) is 15.3. The second-order valence-corrected chi connectivity index (χ2v) is 6.80. The lowest BCUT2D eigenvalue weighted by atomic mass is 9.95. The van der Waals surface area contributed by atoms with Crippen LogP contribution in [0.15, 0.2) is 54.6 Å². The van der Waals surface area contributed by atoms with Gasteiger partial charge in [-0.05, 0) is 50.2 Å². The van der Waals surface area contributed by atoms with Crippen molar-refractivity contribution in [3.8, 4) is 11.8 Å². The van der Waals surface area contributed by atoms with Crippen LogP contribution < -0.4 is 21.8 Å². The van der Waals surface area contributed by atoms with Gasteiger partial charge in [0, 0.05) is 22.4 Å². The van der Waals surface area contributed by atoms with E-state index in [1.807, 2.05) is 30.3 Å². The van der Waals surface area contributed by atoms with Crippen molar-refractivity contribution in [2.24, 2.45) is 5.73 Å². The first kappa shape index (κ1) is 21.0. The van der Waals surface area contributed by atoms with Crippen LogP contribution in [0.5, 0.6) is 0 Å². The van der Waals surface area contributed by atoms with E-state index in [4.69, 9.17) is 10.9 Å². The van der Waals surface area contributed by atoms with Gasteiger partial charge in [-0.1, -0.05) is 30.0 Å². The van der Waals surface area contributed by atoms with E-state index in [9.17, 15) is 9.59 Å². The van der Waals surface area contributed by atoms with E-state index in [-0.39, 0.29) is 0 Å². The van der Waals surface area contributed by atoms with Crippen molar-refractivity contribution in [3.05, 3.63) is 65.7 Å². The molecule has 146 valence electrons. The third kappa shape index (κ3) is 6.13. The predicted octanol–water partition coefficient (Wildman–Crippen LogP) is 1.49. The normalized spacial score (nSPS) is 11.6. The molecule has 0 bridgehead atoms. The molecule has 28 heavy (non-hydrogen) atoms. The molecule has 0 fully saturated rings. The van der Waals surface area contributed by atoms with E-state index in [2.05, 4.69) is 22.5 Å². The number of benzene rings is 2. The third-order valence-electron chi connectivity index (χ3n) is 3.93. The summed E-state index contributed by atoms with van der Waals surface area (Å²) in [6.07, 6.45) is 0. The molecule has 0 aromatic heterocycles. The van der Waals surface area contributed by atoms with Crippen molar-refractivity contribution >= 4 is 17.5 Å². The van der Waals surface area contributed by atoms with E-state index < -0.39 is 23.4 Å². The minimum absolute atomic E-state index is 0.362. The number of hydrogen-bond donors (Lipinski definition) is 5. The lowest BCUT2D eigenvalue weighted by molar-refractivity contribution is -0.132. The van der Waals surface area contributed by atoms with Crippen LogP contribution in [0.25, 0.3) is 0 Å². The highest BCUT2D eigenvalue weighted by Crippen LogP contribution is 2.11. The molecule has 2 aromatic carbocycles. The quantitative estimate of drug-likeness (QED) is 0.296. The summed E-state index contributed by atoms with van der Waals surface area (Å²) in [5.74, 6) is 4.83. The summed E-state index contributed by atoms with van der Waals surface area (Å²) in [5.41, 5.74) is 8.49. The SMILES string of the molecule is CC(C)(N)[C@H](NC(=O)c1ccc(NCC#Cc2ccccc2)cc1)C(=O)NO. The predicted molar refractivity (Wildman–Crippen MR) is 108 cm³/mol. The standard InChI is InChI=1S/C21H24N4O3/c1-21(2,22)18(20(27)25-28)24-19(26)16-10-12-17(13-11-16)23-14-6-9-15-7-4-3-5-8-15/h3-5,7-8,10-13,18,23,28H,14,22H2,1-2H3,(H,24,26)(H,25,27)/t18-/m1/s1. The molecule has 0 aliphatic carbocycles. The number of nitrogens with two attached hydrogens (primary N) is 1. The van der Waals surface area contributed by atoms with E-state index in [1.165, 1.54) is 5.48 Å². The Hall–Kier alpha value is -3.34. The Kier molecular flexibility index (Phi) is 7.15. The lowest BCUT2D eigenvalue weighted by Crippen LogP contribution is -2.61. The summed E-state index contributed by atoms with van der Waals surface area (Å²) in [4.78, 5) is 24.1. The average molecular weight is 380 g/mol. The Morgan fingerprint density at radius 3 is 2.32 bits per heavy atom. The topological polar surface area (TPSA) is 116 Å².